The van der Waals surface area contributed by atoms with Crippen LogP contribution in [0.3, 0.4) is 0 Å². The van der Waals surface area contributed by atoms with Gasteiger partial charge in [-0.3, -0.25) is 5.43 Å². The van der Waals surface area contributed by atoms with Crippen molar-refractivity contribution in [3.8, 4) is 17.0 Å². The van der Waals surface area contributed by atoms with E-state index in [0.29, 0.717) is 11.5 Å². The van der Waals surface area contributed by atoms with Gasteiger partial charge in [0, 0.05) is 11.3 Å². The van der Waals surface area contributed by atoms with Crippen molar-refractivity contribution in [2.24, 2.45) is 0 Å². The number of hydrogen-bond donors (Lipinski definition) is 3. The van der Waals surface area contributed by atoms with Crippen molar-refractivity contribution >= 4 is 17.5 Å². The normalized spacial score (nSPS) is 9.96. The number of anilines is 2. The second kappa shape index (κ2) is 7.78. The van der Waals surface area contributed by atoms with Crippen LogP contribution in [0.4, 0.5) is 16.3 Å². The minimum Gasteiger partial charge on any atom is -0.497 e. The fraction of sp³-hybridized carbons (Fsp3) is 0.0556. The number of hydrogen-bond acceptors (Lipinski definition) is 5. The lowest BCUT2D eigenvalue weighted by Gasteiger charge is -2.09. The largest absolute Gasteiger partial charge is 0.497 e. The molecule has 2 aromatic carbocycles. The monoisotopic (exact) mass is 335 g/mol. The molecule has 25 heavy (non-hydrogen) atoms. The molecule has 1 heterocycles. The van der Waals surface area contributed by atoms with E-state index >= 15 is 0 Å². The molecule has 3 aromatic rings. The van der Waals surface area contributed by atoms with Crippen LogP contribution in [0.2, 0.25) is 0 Å². The van der Waals surface area contributed by atoms with E-state index in [-0.39, 0.29) is 0 Å². The zero-order chi connectivity index (χ0) is 17.5. The number of nitrogens with zero attached hydrogens (tertiary/aromatic N) is 2. The number of benzene rings is 2. The first kappa shape index (κ1) is 16.3. The van der Waals surface area contributed by atoms with Crippen molar-refractivity contribution in [1.29, 1.82) is 0 Å². The molecular formula is C18H17N5O2. The highest BCUT2D eigenvalue weighted by Gasteiger charge is 2.03. The summed E-state index contributed by atoms with van der Waals surface area (Å²) < 4.78 is 5.07. The van der Waals surface area contributed by atoms with Crippen LogP contribution in [0.25, 0.3) is 11.3 Å². The van der Waals surface area contributed by atoms with E-state index in [9.17, 15) is 4.79 Å². The fourth-order valence-electron chi connectivity index (χ4n) is 2.12. The second-order valence-electron chi connectivity index (χ2n) is 5.10. The van der Waals surface area contributed by atoms with Gasteiger partial charge in [-0.2, -0.15) is 0 Å². The number of ether oxygens (including phenoxy) is 1. The fourth-order valence-corrected chi connectivity index (χ4v) is 2.12. The highest BCUT2D eigenvalue weighted by atomic mass is 16.5. The summed E-state index contributed by atoms with van der Waals surface area (Å²) in [5.41, 5.74) is 7.59. The van der Waals surface area contributed by atoms with E-state index in [0.717, 1.165) is 17.0 Å². The maximum atomic E-state index is 11.9. The van der Waals surface area contributed by atoms with Gasteiger partial charge in [0.15, 0.2) is 5.82 Å². The zero-order valence-corrected chi connectivity index (χ0v) is 13.6. The van der Waals surface area contributed by atoms with Gasteiger partial charge >= 0.3 is 6.03 Å². The zero-order valence-electron chi connectivity index (χ0n) is 13.6. The Kier molecular flexibility index (Phi) is 5.06. The van der Waals surface area contributed by atoms with Crippen molar-refractivity contribution in [3.05, 3.63) is 66.7 Å². The standard InChI is InChI=1S/C18H17N5O2/c1-25-15-9-7-14(8-10-15)19-18(24)23-22-17-12-11-16(20-21-17)13-5-3-2-4-6-13/h2-12H,1H3,(H,21,22)(H2,19,23,24). The van der Waals surface area contributed by atoms with Crippen LogP contribution in [0, 0.1) is 0 Å². The molecule has 7 nitrogen and oxygen atoms in total. The molecule has 0 radical (unpaired) electrons. The highest BCUT2D eigenvalue weighted by molar-refractivity contribution is 5.89. The molecule has 1 aromatic heterocycles. The van der Waals surface area contributed by atoms with E-state index in [2.05, 4.69) is 26.4 Å². The Bertz CT molecular complexity index is 820. The Balaban J connectivity index is 1.53. The number of amides is 2. The minimum atomic E-state index is -0.417. The lowest BCUT2D eigenvalue weighted by molar-refractivity contribution is 0.254. The molecule has 0 aliphatic carbocycles. The van der Waals surface area contributed by atoms with Crippen molar-refractivity contribution < 1.29 is 9.53 Å². The number of carbonyl (C=O) groups is 1. The highest BCUT2D eigenvalue weighted by Crippen LogP contribution is 2.16. The van der Waals surface area contributed by atoms with Gasteiger partial charge in [-0.1, -0.05) is 30.3 Å². The van der Waals surface area contributed by atoms with E-state index in [4.69, 9.17) is 4.74 Å². The summed E-state index contributed by atoms with van der Waals surface area (Å²) in [6.45, 7) is 0. The number of nitrogens with one attached hydrogen (secondary N) is 3. The molecular weight excluding hydrogens is 318 g/mol. The number of urea groups is 1. The predicted octanol–water partition coefficient (Wildman–Crippen LogP) is 3.30. The Morgan fingerprint density at radius 2 is 1.68 bits per heavy atom. The van der Waals surface area contributed by atoms with Gasteiger partial charge in [-0.25, -0.2) is 10.2 Å². The summed E-state index contributed by atoms with van der Waals surface area (Å²) in [5.74, 6) is 1.16. The molecule has 2 amide bonds. The first-order chi connectivity index (χ1) is 12.2. The van der Waals surface area contributed by atoms with Gasteiger partial charge in [0.1, 0.15) is 5.75 Å². The van der Waals surface area contributed by atoms with E-state index in [1.807, 2.05) is 36.4 Å². The van der Waals surface area contributed by atoms with Crippen LogP contribution in [0.5, 0.6) is 5.75 Å². The molecule has 0 aliphatic rings. The lowest BCUT2D eigenvalue weighted by atomic mass is 10.1. The summed E-state index contributed by atoms with van der Waals surface area (Å²) in [6.07, 6.45) is 0. The van der Waals surface area contributed by atoms with Crippen LogP contribution in [0.15, 0.2) is 66.7 Å². The summed E-state index contributed by atoms with van der Waals surface area (Å²) in [4.78, 5) is 11.9. The SMILES string of the molecule is COc1ccc(NC(=O)NNc2ccc(-c3ccccc3)nn2)cc1. The molecule has 7 heteroatoms. The number of methoxy groups -OCH3 is 1. The molecule has 3 rings (SSSR count). The maximum Gasteiger partial charge on any atom is 0.337 e. The topological polar surface area (TPSA) is 88.2 Å². The maximum absolute atomic E-state index is 11.9. The molecule has 0 spiro atoms. The third kappa shape index (κ3) is 4.44. The summed E-state index contributed by atoms with van der Waals surface area (Å²) in [5, 5.41) is 10.9. The minimum absolute atomic E-state index is 0.417. The second-order valence-corrected chi connectivity index (χ2v) is 5.10. The third-order valence-corrected chi connectivity index (χ3v) is 3.39. The van der Waals surface area contributed by atoms with Crippen LogP contribution in [-0.4, -0.2) is 23.3 Å². The van der Waals surface area contributed by atoms with Gasteiger partial charge in [0.25, 0.3) is 0 Å². The molecule has 3 N–H and O–H groups in total. The Labute approximate surface area is 145 Å². The summed E-state index contributed by atoms with van der Waals surface area (Å²) >= 11 is 0. The quantitative estimate of drug-likeness (QED) is 0.623. The Morgan fingerprint density at radius 1 is 0.920 bits per heavy atom. The lowest BCUT2D eigenvalue weighted by Crippen LogP contribution is -2.33. The van der Waals surface area contributed by atoms with Gasteiger partial charge in [-0.15, -0.1) is 10.2 Å². The molecule has 0 saturated carbocycles. The smallest absolute Gasteiger partial charge is 0.337 e. The number of hydrazine groups is 1. The third-order valence-electron chi connectivity index (χ3n) is 3.39. The molecule has 0 saturated heterocycles. The van der Waals surface area contributed by atoms with Gasteiger partial charge < -0.3 is 10.1 Å². The molecule has 0 bridgehead atoms. The molecule has 0 aliphatic heterocycles. The number of carbonyl (C=O) groups excluding carboxylic acids is 1. The Morgan fingerprint density at radius 3 is 2.32 bits per heavy atom. The number of aromatic nitrogens is 2. The van der Waals surface area contributed by atoms with E-state index in [1.165, 1.54) is 0 Å². The first-order valence-corrected chi connectivity index (χ1v) is 7.61. The summed E-state index contributed by atoms with van der Waals surface area (Å²) in [6, 6.07) is 19.9. The molecule has 0 unspecified atom stereocenters. The number of rotatable bonds is 5. The molecule has 0 atom stereocenters. The van der Waals surface area contributed by atoms with Gasteiger partial charge in [-0.05, 0) is 36.4 Å². The van der Waals surface area contributed by atoms with Crippen LogP contribution in [0.1, 0.15) is 0 Å². The average Bonchev–Trinajstić information content (AvgIpc) is 2.68. The van der Waals surface area contributed by atoms with E-state index in [1.54, 1.807) is 37.4 Å². The van der Waals surface area contributed by atoms with Gasteiger partial charge in [0.05, 0.1) is 12.8 Å². The van der Waals surface area contributed by atoms with Crippen LogP contribution >= 0.6 is 0 Å². The van der Waals surface area contributed by atoms with Crippen molar-refractivity contribution in [2.75, 3.05) is 17.9 Å². The first-order valence-electron chi connectivity index (χ1n) is 7.61. The summed E-state index contributed by atoms with van der Waals surface area (Å²) in [7, 11) is 1.59. The Hall–Kier alpha value is -3.61. The molecule has 126 valence electrons. The van der Waals surface area contributed by atoms with Crippen LogP contribution in [-0.2, 0) is 0 Å². The van der Waals surface area contributed by atoms with Crippen molar-refractivity contribution in [1.82, 2.24) is 15.6 Å². The van der Waals surface area contributed by atoms with E-state index < -0.39 is 6.03 Å². The van der Waals surface area contributed by atoms with Crippen molar-refractivity contribution in [3.63, 3.8) is 0 Å². The van der Waals surface area contributed by atoms with Crippen molar-refractivity contribution in [2.45, 2.75) is 0 Å². The molecule has 0 fully saturated rings. The van der Waals surface area contributed by atoms with Gasteiger partial charge in [0.2, 0.25) is 0 Å². The van der Waals surface area contributed by atoms with Crippen LogP contribution < -0.4 is 20.9 Å². The predicted molar refractivity (Wildman–Crippen MR) is 96.2 cm³/mol. The average molecular weight is 335 g/mol.